The van der Waals surface area contributed by atoms with Crippen molar-refractivity contribution in [3.63, 3.8) is 0 Å². The Bertz CT molecular complexity index is 643. The normalized spacial score (nSPS) is 13.9. The molecule has 1 aliphatic heterocycles. The van der Waals surface area contributed by atoms with E-state index in [0.29, 0.717) is 5.56 Å². The first-order valence-corrected chi connectivity index (χ1v) is 6.98. The second-order valence-electron chi connectivity index (χ2n) is 5.01. The number of hydrogen-bond donors (Lipinski definition) is 1. The molecule has 0 unspecified atom stereocenters. The van der Waals surface area contributed by atoms with Gasteiger partial charge in [-0.05, 0) is 49.2 Å². The molecule has 2 aromatic rings. The third kappa shape index (κ3) is 2.78. The summed E-state index contributed by atoms with van der Waals surface area (Å²) >= 11 is 0. The molecular formula is C18H17NO. The maximum Gasteiger partial charge on any atom is 0.131 e. The zero-order valence-corrected chi connectivity index (χ0v) is 11.3. The molecule has 0 bridgehead atoms. The summed E-state index contributed by atoms with van der Waals surface area (Å²) in [5, 5.41) is 9.67. The lowest BCUT2D eigenvalue weighted by Gasteiger charge is -2.17. The van der Waals surface area contributed by atoms with Crippen LogP contribution in [0.2, 0.25) is 0 Å². The molecule has 0 saturated carbocycles. The van der Waals surface area contributed by atoms with Crippen LogP contribution in [0.25, 0.3) is 0 Å². The molecule has 1 saturated heterocycles. The third-order valence-corrected chi connectivity index (χ3v) is 3.58. The number of para-hydroxylation sites is 1. The quantitative estimate of drug-likeness (QED) is 0.797. The molecule has 2 heteroatoms. The first-order valence-electron chi connectivity index (χ1n) is 6.98. The van der Waals surface area contributed by atoms with Crippen LogP contribution >= 0.6 is 0 Å². The van der Waals surface area contributed by atoms with Crippen LogP contribution in [0, 0.1) is 11.8 Å². The minimum absolute atomic E-state index is 0.230. The molecule has 1 aliphatic rings. The molecule has 3 rings (SSSR count). The molecule has 0 amide bonds. The van der Waals surface area contributed by atoms with E-state index in [4.69, 9.17) is 0 Å². The van der Waals surface area contributed by atoms with E-state index in [-0.39, 0.29) is 5.75 Å². The fraction of sp³-hybridized carbons (Fsp3) is 0.222. The predicted octanol–water partition coefficient (Wildman–Crippen LogP) is 3.39. The van der Waals surface area contributed by atoms with E-state index in [0.717, 1.165) is 18.7 Å². The van der Waals surface area contributed by atoms with Gasteiger partial charge in [-0.15, -0.1) is 0 Å². The van der Waals surface area contributed by atoms with E-state index in [9.17, 15) is 5.11 Å². The van der Waals surface area contributed by atoms with Crippen molar-refractivity contribution in [2.45, 2.75) is 12.8 Å². The summed E-state index contributed by atoms with van der Waals surface area (Å²) in [6.07, 6.45) is 2.57. The molecule has 0 spiro atoms. The lowest BCUT2D eigenvalue weighted by molar-refractivity contribution is 0.473. The van der Waals surface area contributed by atoms with Crippen molar-refractivity contribution in [2.75, 3.05) is 18.0 Å². The highest BCUT2D eigenvalue weighted by Crippen LogP contribution is 2.20. The molecule has 100 valence electrons. The summed E-state index contributed by atoms with van der Waals surface area (Å²) in [5.74, 6) is 6.33. The van der Waals surface area contributed by atoms with Gasteiger partial charge in [0.1, 0.15) is 5.75 Å². The Morgan fingerprint density at radius 3 is 2.25 bits per heavy atom. The van der Waals surface area contributed by atoms with Gasteiger partial charge in [-0.3, -0.25) is 0 Å². The Morgan fingerprint density at radius 1 is 0.850 bits per heavy atom. The first kappa shape index (κ1) is 12.6. The molecule has 1 fully saturated rings. The van der Waals surface area contributed by atoms with Crippen molar-refractivity contribution < 1.29 is 5.11 Å². The summed E-state index contributed by atoms with van der Waals surface area (Å²) in [5.41, 5.74) is 2.91. The zero-order valence-electron chi connectivity index (χ0n) is 11.3. The van der Waals surface area contributed by atoms with Crippen LogP contribution in [-0.2, 0) is 0 Å². The number of aromatic hydroxyl groups is 1. The summed E-state index contributed by atoms with van der Waals surface area (Å²) in [6.45, 7) is 2.31. The van der Waals surface area contributed by atoms with E-state index in [2.05, 4.69) is 28.9 Å². The van der Waals surface area contributed by atoms with Crippen LogP contribution in [0.4, 0.5) is 5.69 Å². The lowest BCUT2D eigenvalue weighted by Crippen LogP contribution is -2.17. The largest absolute Gasteiger partial charge is 0.507 e. The van der Waals surface area contributed by atoms with Crippen LogP contribution in [0.15, 0.2) is 48.5 Å². The van der Waals surface area contributed by atoms with Crippen molar-refractivity contribution in [3.8, 4) is 17.6 Å². The van der Waals surface area contributed by atoms with Crippen molar-refractivity contribution in [1.29, 1.82) is 0 Å². The molecular weight excluding hydrogens is 246 g/mol. The van der Waals surface area contributed by atoms with Crippen LogP contribution in [0.5, 0.6) is 5.75 Å². The Balaban J connectivity index is 1.77. The van der Waals surface area contributed by atoms with Gasteiger partial charge in [-0.1, -0.05) is 24.0 Å². The van der Waals surface area contributed by atoms with Gasteiger partial charge < -0.3 is 10.0 Å². The zero-order chi connectivity index (χ0) is 13.8. The van der Waals surface area contributed by atoms with Crippen LogP contribution in [-0.4, -0.2) is 18.2 Å². The van der Waals surface area contributed by atoms with E-state index >= 15 is 0 Å². The maximum absolute atomic E-state index is 9.67. The van der Waals surface area contributed by atoms with Gasteiger partial charge in [0.2, 0.25) is 0 Å². The Morgan fingerprint density at radius 2 is 1.55 bits per heavy atom. The van der Waals surface area contributed by atoms with Gasteiger partial charge in [0.05, 0.1) is 5.56 Å². The SMILES string of the molecule is Oc1ccccc1C#Cc1ccc(N2CCCC2)cc1. The second-order valence-corrected chi connectivity index (χ2v) is 5.01. The van der Waals surface area contributed by atoms with E-state index in [1.807, 2.05) is 24.3 Å². The summed E-state index contributed by atoms with van der Waals surface area (Å²) < 4.78 is 0. The number of anilines is 1. The maximum atomic E-state index is 9.67. The molecule has 1 N–H and O–H groups in total. The summed E-state index contributed by atoms with van der Waals surface area (Å²) in [6, 6.07) is 15.5. The Hall–Kier alpha value is -2.40. The molecule has 2 nitrogen and oxygen atoms in total. The molecule has 20 heavy (non-hydrogen) atoms. The molecule has 0 radical (unpaired) electrons. The monoisotopic (exact) mass is 263 g/mol. The van der Waals surface area contributed by atoms with Gasteiger partial charge in [0, 0.05) is 24.3 Å². The van der Waals surface area contributed by atoms with Gasteiger partial charge in [-0.2, -0.15) is 0 Å². The second kappa shape index (κ2) is 5.71. The highest BCUT2D eigenvalue weighted by molar-refractivity contribution is 5.53. The number of phenolic OH excluding ortho intramolecular Hbond substituents is 1. The number of nitrogens with zero attached hydrogens (tertiary/aromatic N) is 1. The number of rotatable bonds is 1. The molecule has 0 aromatic heterocycles. The highest BCUT2D eigenvalue weighted by atomic mass is 16.3. The Labute approximate surface area is 119 Å². The van der Waals surface area contributed by atoms with Gasteiger partial charge >= 0.3 is 0 Å². The first-order chi connectivity index (χ1) is 9.83. The van der Waals surface area contributed by atoms with Gasteiger partial charge in [0.25, 0.3) is 0 Å². The molecule has 0 atom stereocenters. The highest BCUT2D eigenvalue weighted by Gasteiger charge is 2.11. The van der Waals surface area contributed by atoms with E-state index < -0.39 is 0 Å². The predicted molar refractivity (Wildman–Crippen MR) is 82.0 cm³/mol. The van der Waals surface area contributed by atoms with Crippen molar-refractivity contribution in [1.82, 2.24) is 0 Å². The smallest absolute Gasteiger partial charge is 0.131 e. The van der Waals surface area contributed by atoms with Crippen LogP contribution in [0.1, 0.15) is 24.0 Å². The van der Waals surface area contributed by atoms with Gasteiger partial charge in [-0.25, -0.2) is 0 Å². The third-order valence-electron chi connectivity index (χ3n) is 3.58. The topological polar surface area (TPSA) is 23.5 Å². The summed E-state index contributed by atoms with van der Waals surface area (Å²) in [4.78, 5) is 2.40. The standard InChI is InChI=1S/C18H17NO/c20-18-6-2-1-5-16(18)10-7-15-8-11-17(12-9-15)19-13-3-4-14-19/h1-2,5-6,8-9,11-12,20H,3-4,13-14H2. The minimum Gasteiger partial charge on any atom is -0.507 e. The van der Waals surface area contributed by atoms with E-state index in [1.165, 1.54) is 18.5 Å². The van der Waals surface area contributed by atoms with Crippen molar-refractivity contribution in [3.05, 3.63) is 59.7 Å². The average molecular weight is 263 g/mol. The molecule has 0 aliphatic carbocycles. The van der Waals surface area contributed by atoms with E-state index in [1.54, 1.807) is 12.1 Å². The number of phenols is 1. The Kier molecular flexibility index (Phi) is 3.60. The molecule has 2 aromatic carbocycles. The molecule has 1 heterocycles. The van der Waals surface area contributed by atoms with Crippen LogP contribution < -0.4 is 4.90 Å². The summed E-state index contributed by atoms with van der Waals surface area (Å²) in [7, 11) is 0. The average Bonchev–Trinajstić information content (AvgIpc) is 3.01. The van der Waals surface area contributed by atoms with Crippen molar-refractivity contribution >= 4 is 5.69 Å². The number of hydrogen-bond acceptors (Lipinski definition) is 2. The fourth-order valence-electron chi connectivity index (χ4n) is 2.45. The van der Waals surface area contributed by atoms with Gasteiger partial charge in [0.15, 0.2) is 0 Å². The van der Waals surface area contributed by atoms with Crippen LogP contribution in [0.3, 0.4) is 0 Å². The van der Waals surface area contributed by atoms with Crippen molar-refractivity contribution in [2.24, 2.45) is 0 Å². The fourth-order valence-corrected chi connectivity index (χ4v) is 2.45. The number of benzene rings is 2. The minimum atomic E-state index is 0.230. The lowest BCUT2D eigenvalue weighted by atomic mass is 10.1.